The van der Waals surface area contributed by atoms with Gasteiger partial charge in [-0.3, -0.25) is 0 Å². The lowest BCUT2D eigenvalue weighted by molar-refractivity contribution is 0.575. The van der Waals surface area contributed by atoms with Crippen LogP contribution in [0.4, 0.5) is 0 Å². The molecule has 0 aliphatic rings. The number of nitrogens with one attached hydrogen (secondary N) is 1. The van der Waals surface area contributed by atoms with Crippen molar-refractivity contribution >= 4 is 0 Å². The van der Waals surface area contributed by atoms with Gasteiger partial charge >= 0.3 is 0 Å². The van der Waals surface area contributed by atoms with Crippen LogP contribution in [0.1, 0.15) is 12.6 Å². The number of hydrogen-bond donors (Lipinski definition) is 1. The summed E-state index contributed by atoms with van der Waals surface area (Å²) in [5, 5.41) is 3.43. The molecule has 4 heteroatoms. The molecule has 2 rings (SSSR count). The topological polar surface area (TPSA) is 34.8 Å². The van der Waals surface area contributed by atoms with Crippen molar-refractivity contribution in [3.8, 4) is 0 Å². The Morgan fingerprint density at radius 3 is 3.06 bits per heavy atom. The van der Waals surface area contributed by atoms with E-state index in [-0.39, 0.29) is 0 Å². The van der Waals surface area contributed by atoms with Crippen LogP contribution in [0.15, 0.2) is 37.1 Å². The van der Waals surface area contributed by atoms with Crippen LogP contribution < -0.4 is 5.32 Å². The molecule has 0 aromatic carbocycles. The first kappa shape index (κ1) is 11.0. The second kappa shape index (κ2) is 5.51. The Morgan fingerprint density at radius 2 is 2.31 bits per heavy atom. The van der Waals surface area contributed by atoms with Gasteiger partial charge in [-0.1, -0.05) is 0 Å². The number of aryl methyl sites for hydroxylation is 1. The van der Waals surface area contributed by atoms with E-state index in [9.17, 15) is 0 Å². The molecule has 2 heterocycles. The fourth-order valence-electron chi connectivity index (χ4n) is 1.76. The Labute approximate surface area is 95.9 Å². The maximum absolute atomic E-state index is 4.01. The van der Waals surface area contributed by atoms with Crippen molar-refractivity contribution in [3.05, 3.63) is 42.7 Å². The Morgan fingerprint density at radius 1 is 1.38 bits per heavy atom. The summed E-state index contributed by atoms with van der Waals surface area (Å²) in [4.78, 5) is 4.01. The number of hydrogen-bond acceptors (Lipinski definition) is 2. The second-order valence-electron chi connectivity index (χ2n) is 3.76. The van der Waals surface area contributed by atoms with Crippen LogP contribution in [-0.2, 0) is 19.6 Å². The van der Waals surface area contributed by atoms with Crippen LogP contribution in [0.3, 0.4) is 0 Å². The summed E-state index contributed by atoms with van der Waals surface area (Å²) in [6.07, 6.45) is 7.75. The van der Waals surface area contributed by atoms with Crippen molar-refractivity contribution in [1.29, 1.82) is 0 Å². The van der Waals surface area contributed by atoms with E-state index in [0.717, 1.165) is 26.2 Å². The van der Waals surface area contributed by atoms with Gasteiger partial charge in [0, 0.05) is 50.5 Å². The van der Waals surface area contributed by atoms with Gasteiger partial charge in [0.05, 0.1) is 6.33 Å². The summed E-state index contributed by atoms with van der Waals surface area (Å²) >= 11 is 0. The first-order valence-corrected chi connectivity index (χ1v) is 5.70. The average Bonchev–Trinajstić information content (AvgIpc) is 2.95. The molecular formula is C12H18N4. The smallest absolute Gasteiger partial charge is 0.0946 e. The van der Waals surface area contributed by atoms with E-state index in [1.54, 1.807) is 0 Å². The van der Waals surface area contributed by atoms with Gasteiger partial charge in [-0.25, -0.2) is 4.98 Å². The molecule has 86 valence electrons. The highest BCUT2D eigenvalue weighted by Gasteiger charge is 1.97. The molecule has 0 bridgehead atoms. The van der Waals surface area contributed by atoms with Gasteiger partial charge in [0.15, 0.2) is 0 Å². The number of imidazole rings is 1. The van der Waals surface area contributed by atoms with Crippen molar-refractivity contribution < 1.29 is 0 Å². The fraction of sp³-hybridized carbons (Fsp3) is 0.417. The Balaban J connectivity index is 1.72. The van der Waals surface area contributed by atoms with E-state index in [1.165, 1.54) is 5.69 Å². The zero-order valence-corrected chi connectivity index (χ0v) is 9.63. The van der Waals surface area contributed by atoms with Crippen LogP contribution >= 0.6 is 0 Å². The highest BCUT2D eigenvalue weighted by Crippen LogP contribution is 2.01. The fourth-order valence-corrected chi connectivity index (χ4v) is 1.76. The van der Waals surface area contributed by atoms with Crippen molar-refractivity contribution in [1.82, 2.24) is 19.4 Å². The minimum atomic E-state index is 0.926. The number of rotatable bonds is 6. The molecular weight excluding hydrogens is 200 g/mol. The molecule has 0 amide bonds. The van der Waals surface area contributed by atoms with Crippen LogP contribution in [0.2, 0.25) is 0 Å². The van der Waals surface area contributed by atoms with Crippen molar-refractivity contribution in [3.63, 3.8) is 0 Å². The third-order valence-corrected chi connectivity index (χ3v) is 2.68. The molecule has 0 saturated carbocycles. The van der Waals surface area contributed by atoms with Gasteiger partial charge < -0.3 is 14.5 Å². The predicted octanol–water partition coefficient (Wildman–Crippen LogP) is 1.49. The largest absolute Gasteiger partial charge is 0.351 e. The lowest BCUT2D eigenvalue weighted by Crippen LogP contribution is -2.20. The van der Waals surface area contributed by atoms with E-state index in [0.29, 0.717) is 0 Å². The molecule has 0 radical (unpaired) electrons. The summed E-state index contributed by atoms with van der Waals surface area (Å²) in [6.45, 7) is 6.05. The van der Waals surface area contributed by atoms with E-state index in [4.69, 9.17) is 0 Å². The molecule has 16 heavy (non-hydrogen) atoms. The summed E-state index contributed by atoms with van der Waals surface area (Å²) in [5.41, 5.74) is 1.34. The molecule has 2 aromatic rings. The third kappa shape index (κ3) is 2.73. The minimum Gasteiger partial charge on any atom is -0.351 e. The van der Waals surface area contributed by atoms with Crippen LogP contribution in [0.25, 0.3) is 0 Å². The van der Waals surface area contributed by atoms with Crippen molar-refractivity contribution in [2.24, 2.45) is 0 Å². The lowest BCUT2D eigenvalue weighted by atomic mass is 10.4. The SMILES string of the molecule is CCn1cccc1CNCCn1ccnc1. The van der Waals surface area contributed by atoms with Gasteiger partial charge in [0.25, 0.3) is 0 Å². The molecule has 1 N–H and O–H groups in total. The van der Waals surface area contributed by atoms with Crippen molar-refractivity contribution in [2.75, 3.05) is 6.54 Å². The number of aromatic nitrogens is 3. The standard InChI is InChI=1S/C12H18N4/c1-2-16-7-3-4-12(16)10-13-5-8-15-9-6-14-11-15/h3-4,6-7,9,11,13H,2,5,8,10H2,1H3. The van der Waals surface area contributed by atoms with E-state index >= 15 is 0 Å². The average molecular weight is 218 g/mol. The lowest BCUT2D eigenvalue weighted by Gasteiger charge is -2.08. The first-order valence-electron chi connectivity index (χ1n) is 5.70. The summed E-state index contributed by atoms with van der Waals surface area (Å²) in [7, 11) is 0. The molecule has 4 nitrogen and oxygen atoms in total. The van der Waals surface area contributed by atoms with Gasteiger partial charge in [0.1, 0.15) is 0 Å². The highest BCUT2D eigenvalue weighted by atomic mass is 15.1. The maximum Gasteiger partial charge on any atom is 0.0946 e. The molecule has 0 fully saturated rings. The third-order valence-electron chi connectivity index (χ3n) is 2.68. The number of nitrogens with zero attached hydrogens (tertiary/aromatic N) is 3. The second-order valence-corrected chi connectivity index (χ2v) is 3.76. The first-order chi connectivity index (χ1) is 7.90. The monoisotopic (exact) mass is 218 g/mol. The summed E-state index contributed by atoms with van der Waals surface area (Å²) in [6, 6.07) is 4.25. The molecule has 0 saturated heterocycles. The maximum atomic E-state index is 4.01. The quantitative estimate of drug-likeness (QED) is 0.746. The van der Waals surface area contributed by atoms with E-state index < -0.39 is 0 Å². The molecule has 0 aliphatic heterocycles. The predicted molar refractivity (Wildman–Crippen MR) is 64.0 cm³/mol. The van der Waals surface area contributed by atoms with Gasteiger partial charge in [-0.15, -0.1) is 0 Å². The minimum absolute atomic E-state index is 0.926. The van der Waals surface area contributed by atoms with Gasteiger partial charge in [-0.05, 0) is 19.1 Å². The van der Waals surface area contributed by atoms with E-state index in [1.807, 2.05) is 18.7 Å². The Bertz CT molecular complexity index is 402. The molecule has 0 atom stereocenters. The van der Waals surface area contributed by atoms with Gasteiger partial charge in [-0.2, -0.15) is 0 Å². The zero-order valence-electron chi connectivity index (χ0n) is 9.63. The van der Waals surface area contributed by atoms with Crippen LogP contribution in [-0.4, -0.2) is 20.7 Å². The molecule has 0 aliphatic carbocycles. The Hall–Kier alpha value is -1.55. The molecule has 2 aromatic heterocycles. The Kier molecular flexibility index (Phi) is 3.77. The molecule has 0 unspecified atom stereocenters. The zero-order chi connectivity index (χ0) is 11.2. The van der Waals surface area contributed by atoms with E-state index in [2.05, 4.69) is 44.7 Å². The van der Waals surface area contributed by atoms with Crippen molar-refractivity contribution in [2.45, 2.75) is 26.6 Å². The van der Waals surface area contributed by atoms with Crippen LogP contribution in [0.5, 0.6) is 0 Å². The molecule has 0 spiro atoms. The normalized spacial score (nSPS) is 10.8. The van der Waals surface area contributed by atoms with Gasteiger partial charge in [0.2, 0.25) is 0 Å². The highest BCUT2D eigenvalue weighted by molar-refractivity contribution is 5.06. The van der Waals surface area contributed by atoms with Crippen LogP contribution in [0, 0.1) is 0 Å². The summed E-state index contributed by atoms with van der Waals surface area (Å²) < 4.78 is 4.33. The summed E-state index contributed by atoms with van der Waals surface area (Å²) in [5.74, 6) is 0.